The number of phenolic OH excluding ortho intramolecular Hbond substituents is 1. The number of rotatable bonds is 2. The zero-order valence-electron chi connectivity index (χ0n) is 16.1. The highest BCUT2D eigenvalue weighted by Gasteiger charge is 2.35. The summed E-state index contributed by atoms with van der Waals surface area (Å²) in [6.07, 6.45) is -2.05. The van der Waals surface area contributed by atoms with Gasteiger partial charge in [0.25, 0.3) is 0 Å². The molecule has 1 rings (SSSR count). The van der Waals surface area contributed by atoms with Crippen molar-refractivity contribution in [3.63, 3.8) is 0 Å². The van der Waals surface area contributed by atoms with E-state index in [1.54, 1.807) is 41.5 Å². The molecule has 0 saturated heterocycles. The first-order valence-electron chi connectivity index (χ1n) is 7.92. The van der Waals surface area contributed by atoms with Gasteiger partial charge in [-0.1, -0.05) is 0 Å². The number of phenols is 1. The summed E-state index contributed by atoms with van der Waals surface area (Å²) in [5.41, 5.74) is -2.10. The number of nitrogens with zero attached hydrogens (tertiary/aromatic N) is 1. The minimum Gasteiger partial charge on any atom is -0.508 e. The lowest BCUT2D eigenvalue weighted by atomic mass is 10.1. The second-order valence-corrected chi connectivity index (χ2v) is 7.49. The first-order valence-corrected chi connectivity index (χ1v) is 7.92. The number of aromatic hydroxyl groups is 1. The summed E-state index contributed by atoms with van der Waals surface area (Å²) in [6, 6.07) is 3.54. The highest BCUT2D eigenvalue weighted by Crippen LogP contribution is 2.29. The summed E-state index contributed by atoms with van der Waals surface area (Å²) in [5.74, 6) is -1.07. The van der Waals surface area contributed by atoms with E-state index in [1.165, 1.54) is 12.1 Å². The molecule has 8 nitrogen and oxygen atoms in total. The summed E-state index contributed by atoms with van der Waals surface area (Å²) >= 11 is 0. The van der Waals surface area contributed by atoms with Crippen LogP contribution in [0.25, 0.3) is 0 Å². The monoisotopic (exact) mass is 367 g/mol. The molecule has 0 unspecified atom stereocenters. The second kappa shape index (κ2) is 7.63. The number of esters is 1. The Morgan fingerprint density at radius 2 is 1.38 bits per heavy atom. The fourth-order valence-corrected chi connectivity index (χ4v) is 1.88. The molecular weight excluding hydrogens is 342 g/mol. The van der Waals surface area contributed by atoms with E-state index < -0.39 is 29.4 Å². The third-order valence-corrected chi connectivity index (χ3v) is 2.78. The van der Waals surface area contributed by atoms with Crippen molar-refractivity contribution in [1.82, 2.24) is 0 Å². The molecule has 0 bridgehead atoms. The number of benzene rings is 1. The maximum absolute atomic E-state index is 12.6. The summed E-state index contributed by atoms with van der Waals surface area (Å²) in [5, 5.41) is 9.66. The van der Waals surface area contributed by atoms with Gasteiger partial charge in [-0.2, -0.15) is 4.90 Å². The van der Waals surface area contributed by atoms with Crippen LogP contribution < -0.4 is 4.90 Å². The Morgan fingerprint density at radius 1 is 0.923 bits per heavy atom. The summed E-state index contributed by atoms with van der Waals surface area (Å²) in [6.45, 7) is 9.81. The highest BCUT2D eigenvalue weighted by atomic mass is 16.6. The molecule has 0 aliphatic heterocycles. The zero-order chi connectivity index (χ0) is 20.3. The molecule has 0 spiro atoms. The van der Waals surface area contributed by atoms with Crippen molar-refractivity contribution < 1.29 is 33.7 Å². The summed E-state index contributed by atoms with van der Waals surface area (Å²) in [7, 11) is 1.14. The van der Waals surface area contributed by atoms with E-state index in [1.807, 2.05) is 0 Å². The van der Waals surface area contributed by atoms with Gasteiger partial charge >= 0.3 is 18.2 Å². The van der Waals surface area contributed by atoms with E-state index in [2.05, 4.69) is 4.74 Å². The SMILES string of the molecule is COC(=O)c1cc(O)ccc1N(C(=O)OC(C)(C)C)C(=O)OC(C)(C)C. The number of imide groups is 1. The number of carbonyl (C=O) groups is 3. The standard InChI is InChI=1S/C18H25NO7/c1-17(2,3)25-15(22)19(16(23)26-18(4,5)6)13-9-8-11(20)10-12(13)14(21)24-7/h8-10,20H,1-7H3. The molecule has 1 aromatic rings. The third-order valence-electron chi connectivity index (χ3n) is 2.78. The lowest BCUT2D eigenvalue weighted by molar-refractivity contribution is 0.0430. The predicted octanol–water partition coefficient (Wildman–Crippen LogP) is 3.86. The Bertz CT molecular complexity index is 670. The molecule has 1 aromatic carbocycles. The van der Waals surface area contributed by atoms with Crippen LogP contribution in [0, 0.1) is 0 Å². The number of amides is 2. The van der Waals surface area contributed by atoms with Crippen LogP contribution in [0.3, 0.4) is 0 Å². The van der Waals surface area contributed by atoms with Crippen molar-refractivity contribution in [1.29, 1.82) is 0 Å². The second-order valence-electron chi connectivity index (χ2n) is 7.49. The van der Waals surface area contributed by atoms with Crippen LogP contribution in [0.1, 0.15) is 51.9 Å². The van der Waals surface area contributed by atoms with E-state index in [-0.39, 0.29) is 17.0 Å². The highest BCUT2D eigenvalue weighted by molar-refractivity contribution is 6.13. The number of ether oxygens (including phenoxy) is 3. The fraction of sp³-hybridized carbons (Fsp3) is 0.500. The smallest absolute Gasteiger partial charge is 0.424 e. The molecule has 2 amide bonds. The lowest BCUT2D eigenvalue weighted by Gasteiger charge is -2.29. The van der Waals surface area contributed by atoms with E-state index in [4.69, 9.17) is 9.47 Å². The first kappa shape index (κ1) is 21.3. The van der Waals surface area contributed by atoms with Crippen molar-refractivity contribution >= 4 is 23.8 Å². The van der Waals surface area contributed by atoms with Crippen molar-refractivity contribution in [3.05, 3.63) is 23.8 Å². The molecule has 0 aliphatic rings. The van der Waals surface area contributed by atoms with E-state index in [0.717, 1.165) is 13.2 Å². The largest absolute Gasteiger partial charge is 0.508 e. The van der Waals surface area contributed by atoms with Crippen molar-refractivity contribution in [2.24, 2.45) is 0 Å². The molecule has 144 valence electrons. The molecular formula is C18H25NO7. The Labute approximate surface area is 152 Å². The third kappa shape index (κ3) is 5.94. The van der Waals surface area contributed by atoms with Crippen LogP contribution >= 0.6 is 0 Å². The van der Waals surface area contributed by atoms with E-state index in [9.17, 15) is 19.5 Å². The van der Waals surface area contributed by atoms with Crippen LogP contribution in [0.4, 0.5) is 15.3 Å². The molecule has 1 N–H and O–H groups in total. The first-order chi connectivity index (χ1) is 11.7. The molecule has 0 aliphatic carbocycles. The number of anilines is 1. The van der Waals surface area contributed by atoms with Gasteiger partial charge < -0.3 is 19.3 Å². The van der Waals surface area contributed by atoms with E-state index in [0.29, 0.717) is 4.90 Å². The molecule has 0 fully saturated rings. The molecule has 0 aromatic heterocycles. The van der Waals surface area contributed by atoms with Crippen LogP contribution in [0.15, 0.2) is 18.2 Å². The van der Waals surface area contributed by atoms with Gasteiger partial charge in [0.15, 0.2) is 0 Å². The van der Waals surface area contributed by atoms with Crippen molar-refractivity contribution in [2.45, 2.75) is 52.7 Å². The van der Waals surface area contributed by atoms with Crippen LogP contribution in [-0.2, 0) is 14.2 Å². The number of hydrogen-bond donors (Lipinski definition) is 1. The molecule has 0 atom stereocenters. The molecule has 26 heavy (non-hydrogen) atoms. The number of methoxy groups -OCH3 is 1. The Morgan fingerprint density at radius 3 is 1.77 bits per heavy atom. The predicted molar refractivity (Wildman–Crippen MR) is 94.4 cm³/mol. The summed E-state index contributed by atoms with van der Waals surface area (Å²) in [4.78, 5) is 37.9. The molecule has 8 heteroatoms. The quantitative estimate of drug-likeness (QED) is 0.625. The maximum atomic E-state index is 12.6. The summed E-state index contributed by atoms with van der Waals surface area (Å²) < 4.78 is 15.2. The fourth-order valence-electron chi connectivity index (χ4n) is 1.88. The Hall–Kier alpha value is -2.77. The van der Waals surface area contributed by atoms with Crippen LogP contribution in [-0.4, -0.2) is 41.6 Å². The van der Waals surface area contributed by atoms with Crippen LogP contribution in [0.5, 0.6) is 5.75 Å². The number of carbonyl (C=O) groups excluding carboxylic acids is 3. The molecule has 0 heterocycles. The zero-order valence-corrected chi connectivity index (χ0v) is 16.1. The maximum Gasteiger partial charge on any atom is 0.424 e. The van der Waals surface area contributed by atoms with Gasteiger partial charge in [-0.25, -0.2) is 14.4 Å². The normalized spacial score (nSPS) is 11.5. The van der Waals surface area contributed by atoms with Gasteiger partial charge in [-0.05, 0) is 59.7 Å². The van der Waals surface area contributed by atoms with E-state index >= 15 is 0 Å². The van der Waals surface area contributed by atoms with Gasteiger partial charge in [-0.3, -0.25) is 0 Å². The van der Waals surface area contributed by atoms with Gasteiger partial charge in [0.1, 0.15) is 17.0 Å². The van der Waals surface area contributed by atoms with Gasteiger partial charge in [-0.15, -0.1) is 0 Å². The van der Waals surface area contributed by atoms with Crippen LogP contribution in [0.2, 0.25) is 0 Å². The Kier molecular flexibility index (Phi) is 6.25. The van der Waals surface area contributed by atoms with Gasteiger partial charge in [0, 0.05) is 0 Å². The minimum absolute atomic E-state index is 0.127. The van der Waals surface area contributed by atoms with Gasteiger partial charge in [0.05, 0.1) is 18.4 Å². The Balaban J connectivity index is 3.48. The average molecular weight is 367 g/mol. The van der Waals surface area contributed by atoms with Crippen molar-refractivity contribution in [3.8, 4) is 5.75 Å². The average Bonchev–Trinajstić information content (AvgIpc) is 2.44. The number of hydrogen-bond acceptors (Lipinski definition) is 7. The van der Waals surface area contributed by atoms with Gasteiger partial charge in [0.2, 0.25) is 0 Å². The van der Waals surface area contributed by atoms with Crippen molar-refractivity contribution in [2.75, 3.05) is 12.0 Å². The topological polar surface area (TPSA) is 102 Å². The molecule has 0 saturated carbocycles. The molecule has 0 radical (unpaired) electrons. The minimum atomic E-state index is -1.03. The lowest BCUT2D eigenvalue weighted by Crippen LogP contribution is -2.44.